The van der Waals surface area contributed by atoms with Crippen LogP contribution in [-0.2, 0) is 0 Å². The van der Waals surface area contributed by atoms with Crippen LogP contribution in [0.4, 0.5) is 19.3 Å². The van der Waals surface area contributed by atoms with Crippen molar-refractivity contribution in [1.29, 1.82) is 0 Å². The summed E-state index contributed by atoms with van der Waals surface area (Å²) in [5, 5.41) is 12.2. The molecule has 18 heavy (non-hydrogen) atoms. The molecule has 1 aromatic carbocycles. The standard InChI is InChI=1S/C12H14F2N2O2/c1-2-12(18)6-16(7-12)11(17)15-8-3-4-9(13)10(14)5-8/h3-5,18H,2,6-7H2,1H3,(H,15,17). The monoisotopic (exact) mass is 256 g/mol. The number of β-amino-alcohol motifs (C(OH)–C–C–N with tert-alkyl or cyclic N) is 1. The number of halogens is 2. The molecule has 0 atom stereocenters. The lowest BCUT2D eigenvalue weighted by atomic mass is 9.92. The summed E-state index contributed by atoms with van der Waals surface area (Å²) >= 11 is 0. The molecule has 2 rings (SSSR count). The van der Waals surface area contributed by atoms with Crippen LogP contribution in [0.15, 0.2) is 18.2 Å². The number of benzene rings is 1. The Hall–Kier alpha value is -1.69. The van der Waals surface area contributed by atoms with E-state index < -0.39 is 23.3 Å². The number of nitrogens with zero attached hydrogens (tertiary/aromatic N) is 1. The maximum absolute atomic E-state index is 12.9. The molecule has 1 fully saturated rings. The highest BCUT2D eigenvalue weighted by atomic mass is 19.2. The van der Waals surface area contributed by atoms with Gasteiger partial charge in [-0.1, -0.05) is 6.92 Å². The van der Waals surface area contributed by atoms with Crippen LogP contribution < -0.4 is 5.32 Å². The molecule has 6 heteroatoms. The van der Waals surface area contributed by atoms with Crippen molar-refractivity contribution < 1.29 is 18.7 Å². The summed E-state index contributed by atoms with van der Waals surface area (Å²) in [5.74, 6) is -1.97. The molecular weight excluding hydrogens is 242 g/mol. The van der Waals surface area contributed by atoms with E-state index in [2.05, 4.69) is 5.32 Å². The molecule has 2 amide bonds. The zero-order valence-electron chi connectivity index (χ0n) is 9.91. The normalized spacial score (nSPS) is 17.2. The Morgan fingerprint density at radius 1 is 1.44 bits per heavy atom. The summed E-state index contributed by atoms with van der Waals surface area (Å²) in [7, 11) is 0. The van der Waals surface area contributed by atoms with E-state index >= 15 is 0 Å². The Morgan fingerprint density at radius 3 is 2.67 bits per heavy atom. The van der Waals surface area contributed by atoms with E-state index in [1.54, 1.807) is 0 Å². The van der Waals surface area contributed by atoms with Gasteiger partial charge in [0.25, 0.3) is 0 Å². The van der Waals surface area contributed by atoms with Gasteiger partial charge >= 0.3 is 6.03 Å². The number of urea groups is 1. The molecule has 1 aliphatic heterocycles. The second-order valence-corrected chi connectivity index (χ2v) is 4.49. The van der Waals surface area contributed by atoms with E-state index in [0.29, 0.717) is 6.42 Å². The molecule has 0 spiro atoms. The van der Waals surface area contributed by atoms with Crippen LogP contribution in [0.1, 0.15) is 13.3 Å². The predicted octanol–water partition coefficient (Wildman–Crippen LogP) is 1.95. The minimum Gasteiger partial charge on any atom is -0.386 e. The number of likely N-dealkylation sites (tertiary alicyclic amines) is 1. The summed E-state index contributed by atoms with van der Waals surface area (Å²) in [6.07, 6.45) is 0.571. The molecule has 0 unspecified atom stereocenters. The van der Waals surface area contributed by atoms with Crippen molar-refractivity contribution >= 4 is 11.7 Å². The Morgan fingerprint density at radius 2 is 2.11 bits per heavy atom. The average molecular weight is 256 g/mol. The molecule has 1 aromatic rings. The third kappa shape index (κ3) is 2.43. The molecule has 1 saturated heterocycles. The molecular formula is C12H14F2N2O2. The number of carbonyl (C=O) groups excluding carboxylic acids is 1. The smallest absolute Gasteiger partial charge is 0.322 e. The molecule has 0 aliphatic carbocycles. The first-order chi connectivity index (χ1) is 8.43. The zero-order chi connectivity index (χ0) is 13.3. The molecule has 1 heterocycles. The molecule has 98 valence electrons. The van der Waals surface area contributed by atoms with Gasteiger partial charge in [-0.05, 0) is 18.6 Å². The fourth-order valence-corrected chi connectivity index (χ4v) is 1.81. The van der Waals surface area contributed by atoms with Crippen molar-refractivity contribution in [3.8, 4) is 0 Å². The van der Waals surface area contributed by atoms with E-state index in [1.807, 2.05) is 6.92 Å². The quantitative estimate of drug-likeness (QED) is 0.849. The lowest BCUT2D eigenvalue weighted by molar-refractivity contribution is -0.0755. The fourth-order valence-electron chi connectivity index (χ4n) is 1.81. The first-order valence-electron chi connectivity index (χ1n) is 5.67. The van der Waals surface area contributed by atoms with E-state index in [4.69, 9.17) is 0 Å². The number of rotatable bonds is 2. The number of hydrogen-bond donors (Lipinski definition) is 2. The SMILES string of the molecule is CCC1(O)CN(C(=O)Nc2ccc(F)c(F)c2)C1. The molecule has 0 radical (unpaired) electrons. The van der Waals surface area contributed by atoms with Gasteiger partial charge < -0.3 is 15.3 Å². The van der Waals surface area contributed by atoms with Crippen molar-refractivity contribution in [2.24, 2.45) is 0 Å². The van der Waals surface area contributed by atoms with Gasteiger partial charge in [-0.3, -0.25) is 0 Å². The third-order valence-corrected chi connectivity index (χ3v) is 3.09. The fraction of sp³-hybridized carbons (Fsp3) is 0.417. The minimum atomic E-state index is -1.01. The number of nitrogens with one attached hydrogen (secondary N) is 1. The zero-order valence-corrected chi connectivity index (χ0v) is 9.91. The molecule has 2 N–H and O–H groups in total. The Labute approximate surface area is 103 Å². The van der Waals surface area contributed by atoms with E-state index in [1.165, 1.54) is 11.0 Å². The van der Waals surface area contributed by atoms with Gasteiger partial charge in [0.05, 0.1) is 18.7 Å². The Kier molecular flexibility index (Phi) is 3.21. The van der Waals surface area contributed by atoms with Gasteiger partial charge in [-0.15, -0.1) is 0 Å². The highest BCUT2D eigenvalue weighted by molar-refractivity contribution is 5.90. The highest BCUT2D eigenvalue weighted by Crippen LogP contribution is 2.24. The van der Waals surface area contributed by atoms with Crippen molar-refractivity contribution in [2.75, 3.05) is 18.4 Å². The van der Waals surface area contributed by atoms with Gasteiger partial charge in [-0.2, -0.15) is 0 Å². The number of carbonyl (C=O) groups is 1. The van der Waals surface area contributed by atoms with E-state index in [0.717, 1.165) is 12.1 Å². The molecule has 0 bridgehead atoms. The lowest BCUT2D eigenvalue weighted by Gasteiger charge is -2.45. The van der Waals surface area contributed by atoms with Gasteiger partial charge in [0.15, 0.2) is 11.6 Å². The number of anilines is 1. The summed E-state index contributed by atoms with van der Waals surface area (Å²) < 4.78 is 25.6. The number of aliphatic hydroxyl groups is 1. The summed E-state index contributed by atoms with van der Waals surface area (Å²) in [6.45, 7) is 2.34. The maximum Gasteiger partial charge on any atom is 0.322 e. The average Bonchev–Trinajstić information content (AvgIpc) is 2.29. The second-order valence-electron chi connectivity index (χ2n) is 4.49. The third-order valence-electron chi connectivity index (χ3n) is 3.09. The van der Waals surface area contributed by atoms with E-state index in [-0.39, 0.29) is 18.8 Å². The second kappa shape index (κ2) is 4.53. The largest absolute Gasteiger partial charge is 0.386 e. The van der Waals surface area contributed by atoms with Gasteiger partial charge in [0, 0.05) is 11.8 Å². The summed E-state index contributed by atoms with van der Waals surface area (Å²) in [4.78, 5) is 13.1. The van der Waals surface area contributed by atoms with E-state index in [9.17, 15) is 18.7 Å². The van der Waals surface area contributed by atoms with Crippen molar-refractivity contribution in [2.45, 2.75) is 18.9 Å². The molecule has 4 nitrogen and oxygen atoms in total. The van der Waals surface area contributed by atoms with Crippen LogP contribution in [0.3, 0.4) is 0 Å². The van der Waals surface area contributed by atoms with Crippen LogP contribution in [0.5, 0.6) is 0 Å². The van der Waals surface area contributed by atoms with Crippen LogP contribution in [0, 0.1) is 11.6 Å². The van der Waals surface area contributed by atoms with Crippen LogP contribution in [0.2, 0.25) is 0 Å². The van der Waals surface area contributed by atoms with Crippen LogP contribution >= 0.6 is 0 Å². The van der Waals surface area contributed by atoms with Crippen molar-refractivity contribution in [3.05, 3.63) is 29.8 Å². The lowest BCUT2D eigenvalue weighted by Crippen LogP contribution is -2.63. The molecule has 0 aromatic heterocycles. The predicted molar refractivity (Wildman–Crippen MR) is 62.2 cm³/mol. The Bertz CT molecular complexity index is 473. The van der Waals surface area contributed by atoms with Crippen LogP contribution in [-0.4, -0.2) is 34.7 Å². The summed E-state index contributed by atoms with van der Waals surface area (Å²) in [6, 6.07) is 2.71. The van der Waals surface area contributed by atoms with Crippen molar-refractivity contribution in [1.82, 2.24) is 4.90 Å². The highest BCUT2D eigenvalue weighted by Gasteiger charge is 2.42. The minimum absolute atomic E-state index is 0.186. The van der Waals surface area contributed by atoms with Crippen LogP contribution in [0.25, 0.3) is 0 Å². The number of hydrogen-bond acceptors (Lipinski definition) is 2. The summed E-state index contributed by atoms with van der Waals surface area (Å²) in [5.41, 5.74) is -0.628. The first-order valence-corrected chi connectivity index (χ1v) is 5.67. The van der Waals surface area contributed by atoms with Gasteiger partial charge in [0.2, 0.25) is 0 Å². The molecule has 0 saturated carbocycles. The van der Waals surface area contributed by atoms with Crippen molar-refractivity contribution in [3.63, 3.8) is 0 Å². The van der Waals surface area contributed by atoms with Gasteiger partial charge in [-0.25, -0.2) is 13.6 Å². The number of amides is 2. The Balaban J connectivity index is 1.94. The topological polar surface area (TPSA) is 52.6 Å². The van der Waals surface area contributed by atoms with Gasteiger partial charge in [0.1, 0.15) is 0 Å². The first kappa shape index (κ1) is 12.8. The maximum atomic E-state index is 12.9. The molecule has 1 aliphatic rings.